The molecule has 29 heavy (non-hydrogen) atoms. The van der Waals surface area contributed by atoms with Gasteiger partial charge in [0.15, 0.2) is 17.7 Å². The van der Waals surface area contributed by atoms with Crippen LogP contribution in [0.15, 0.2) is 54.9 Å². The molecule has 4 rings (SSSR count). The van der Waals surface area contributed by atoms with Crippen molar-refractivity contribution in [2.24, 2.45) is 0 Å². The first-order chi connectivity index (χ1) is 14.2. The molecule has 5 nitrogen and oxygen atoms in total. The van der Waals surface area contributed by atoms with E-state index in [1.165, 1.54) is 6.07 Å². The number of hydrogen-bond donors (Lipinski definition) is 0. The van der Waals surface area contributed by atoms with Gasteiger partial charge in [-0.05, 0) is 49.6 Å². The highest BCUT2D eigenvalue weighted by molar-refractivity contribution is 5.81. The van der Waals surface area contributed by atoms with Gasteiger partial charge in [-0.2, -0.15) is 0 Å². The summed E-state index contributed by atoms with van der Waals surface area (Å²) in [5.74, 6) is -0.281. The van der Waals surface area contributed by atoms with Gasteiger partial charge in [0.1, 0.15) is 0 Å². The molecule has 2 atom stereocenters. The third-order valence-electron chi connectivity index (χ3n) is 5.41. The third kappa shape index (κ3) is 4.21. The molecule has 0 aliphatic carbocycles. The first-order valence-corrected chi connectivity index (χ1v) is 10.1. The average molecular weight is 393 g/mol. The lowest BCUT2D eigenvalue weighted by Crippen LogP contribution is -2.46. The maximum absolute atomic E-state index is 13.9. The lowest BCUT2D eigenvalue weighted by atomic mass is 9.93. The van der Waals surface area contributed by atoms with Gasteiger partial charge in [0.2, 0.25) is 0 Å². The maximum Gasteiger partial charge on any atom is 0.263 e. The van der Waals surface area contributed by atoms with Gasteiger partial charge in [-0.25, -0.2) is 4.39 Å². The van der Waals surface area contributed by atoms with Gasteiger partial charge in [-0.1, -0.05) is 19.1 Å². The second-order valence-electron chi connectivity index (χ2n) is 7.37. The lowest BCUT2D eigenvalue weighted by molar-refractivity contribution is -0.140. The minimum Gasteiger partial charge on any atom is -0.478 e. The zero-order chi connectivity index (χ0) is 20.2. The molecule has 3 aromatic rings. The molecule has 1 fully saturated rings. The zero-order valence-electron chi connectivity index (χ0n) is 16.4. The monoisotopic (exact) mass is 393 g/mol. The molecule has 3 heterocycles. The van der Waals surface area contributed by atoms with Crippen LogP contribution in [0.5, 0.6) is 5.75 Å². The number of fused-ring (bicyclic) bond motifs is 1. The Morgan fingerprint density at radius 3 is 2.97 bits per heavy atom. The van der Waals surface area contributed by atoms with Crippen LogP contribution in [-0.2, 0) is 4.79 Å². The van der Waals surface area contributed by atoms with Crippen molar-refractivity contribution in [3.05, 3.63) is 66.4 Å². The van der Waals surface area contributed by atoms with E-state index in [2.05, 4.69) is 9.97 Å². The summed E-state index contributed by atoms with van der Waals surface area (Å²) in [5, 5.41) is 1.00. The Morgan fingerprint density at radius 1 is 1.28 bits per heavy atom. The minimum absolute atomic E-state index is 0.0978. The standard InChI is InChI=1S/C23H24FN3O2/c1-2-21(29-22-10-4-3-9-18(22)24)23(28)27-12-6-8-17(15-27)20-13-19-16(14-26-20)7-5-11-25-19/h3-5,7,9-11,13-14,17,21H,2,6,8,12,15H2,1H3/t17-,21+/m0/s1. The van der Waals surface area contributed by atoms with Crippen LogP contribution < -0.4 is 4.74 Å². The Bertz CT molecular complexity index is 1010. The van der Waals surface area contributed by atoms with Crippen LogP contribution in [-0.4, -0.2) is 40.0 Å². The van der Waals surface area contributed by atoms with E-state index in [-0.39, 0.29) is 17.6 Å². The van der Waals surface area contributed by atoms with Crippen LogP contribution in [0.25, 0.3) is 10.9 Å². The van der Waals surface area contributed by atoms with Gasteiger partial charge >= 0.3 is 0 Å². The Balaban J connectivity index is 1.49. The fourth-order valence-electron chi connectivity index (χ4n) is 3.83. The molecule has 1 amide bonds. The van der Waals surface area contributed by atoms with Crippen molar-refractivity contribution < 1.29 is 13.9 Å². The van der Waals surface area contributed by atoms with Gasteiger partial charge in [-0.15, -0.1) is 0 Å². The van der Waals surface area contributed by atoms with Crippen molar-refractivity contribution in [2.45, 2.75) is 38.2 Å². The molecule has 1 aliphatic heterocycles. The maximum atomic E-state index is 13.9. The van der Waals surface area contributed by atoms with Gasteiger partial charge < -0.3 is 9.64 Å². The molecular formula is C23H24FN3O2. The van der Waals surface area contributed by atoms with E-state index >= 15 is 0 Å². The molecule has 0 spiro atoms. The molecule has 6 heteroatoms. The zero-order valence-corrected chi connectivity index (χ0v) is 16.4. The van der Waals surface area contributed by atoms with E-state index in [0.29, 0.717) is 19.5 Å². The number of ether oxygens (including phenoxy) is 1. The summed E-state index contributed by atoms with van der Waals surface area (Å²) in [6.07, 6.45) is 5.27. The normalized spacial score (nSPS) is 17.9. The molecule has 0 bridgehead atoms. The molecule has 1 saturated heterocycles. The number of carbonyl (C=O) groups excluding carboxylic acids is 1. The van der Waals surface area contributed by atoms with Crippen molar-refractivity contribution in [3.8, 4) is 5.75 Å². The second-order valence-corrected chi connectivity index (χ2v) is 7.37. The third-order valence-corrected chi connectivity index (χ3v) is 5.41. The van der Waals surface area contributed by atoms with Crippen LogP contribution in [0.4, 0.5) is 4.39 Å². The molecule has 2 aromatic heterocycles. The average Bonchev–Trinajstić information content (AvgIpc) is 2.78. The summed E-state index contributed by atoms with van der Waals surface area (Å²) >= 11 is 0. The molecule has 1 aliphatic rings. The number of aromatic nitrogens is 2. The quantitative estimate of drug-likeness (QED) is 0.647. The molecule has 150 valence electrons. The molecule has 0 N–H and O–H groups in total. The van der Waals surface area contributed by atoms with E-state index < -0.39 is 11.9 Å². The number of carbonyl (C=O) groups is 1. The van der Waals surface area contributed by atoms with Crippen molar-refractivity contribution in [1.29, 1.82) is 0 Å². The summed E-state index contributed by atoms with van der Waals surface area (Å²) in [4.78, 5) is 23.9. The van der Waals surface area contributed by atoms with E-state index in [4.69, 9.17) is 4.74 Å². The number of benzene rings is 1. The van der Waals surface area contributed by atoms with Crippen molar-refractivity contribution in [2.75, 3.05) is 13.1 Å². The first-order valence-electron chi connectivity index (χ1n) is 10.1. The first kappa shape index (κ1) is 19.3. The molecule has 0 saturated carbocycles. The summed E-state index contributed by atoms with van der Waals surface area (Å²) < 4.78 is 19.7. The van der Waals surface area contributed by atoms with Crippen molar-refractivity contribution in [3.63, 3.8) is 0 Å². The van der Waals surface area contributed by atoms with Crippen LogP contribution in [0.1, 0.15) is 37.8 Å². The number of halogens is 1. The fraction of sp³-hybridized carbons (Fsp3) is 0.348. The number of rotatable bonds is 5. The highest BCUT2D eigenvalue weighted by Gasteiger charge is 2.31. The van der Waals surface area contributed by atoms with Gasteiger partial charge in [-0.3, -0.25) is 14.8 Å². The number of nitrogens with zero attached hydrogens (tertiary/aromatic N) is 3. The Hall–Kier alpha value is -3.02. The number of pyridine rings is 2. The van der Waals surface area contributed by atoms with Gasteiger partial charge in [0.25, 0.3) is 5.91 Å². The number of likely N-dealkylation sites (tertiary alicyclic amines) is 1. The largest absolute Gasteiger partial charge is 0.478 e. The van der Waals surface area contributed by atoms with Crippen LogP contribution >= 0.6 is 0 Å². The fourth-order valence-corrected chi connectivity index (χ4v) is 3.83. The Kier molecular flexibility index (Phi) is 5.69. The topological polar surface area (TPSA) is 55.3 Å². The Morgan fingerprint density at radius 2 is 2.14 bits per heavy atom. The van der Waals surface area contributed by atoms with Gasteiger partial charge in [0.05, 0.1) is 5.52 Å². The van der Waals surface area contributed by atoms with Crippen LogP contribution in [0, 0.1) is 5.82 Å². The van der Waals surface area contributed by atoms with Crippen molar-refractivity contribution >= 4 is 16.8 Å². The van der Waals surface area contributed by atoms with Crippen LogP contribution in [0.3, 0.4) is 0 Å². The smallest absolute Gasteiger partial charge is 0.263 e. The minimum atomic E-state index is -0.697. The highest BCUT2D eigenvalue weighted by atomic mass is 19.1. The second kappa shape index (κ2) is 8.55. The Labute approximate surface area is 169 Å². The summed E-state index contributed by atoms with van der Waals surface area (Å²) in [5.41, 5.74) is 1.87. The summed E-state index contributed by atoms with van der Waals surface area (Å²) in [6, 6.07) is 12.1. The molecular weight excluding hydrogens is 369 g/mol. The van der Waals surface area contributed by atoms with E-state index in [1.54, 1.807) is 24.4 Å². The predicted molar refractivity (Wildman–Crippen MR) is 109 cm³/mol. The van der Waals surface area contributed by atoms with Crippen molar-refractivity contribution in [1.82, 2.24) is 14.9 Å². The molecule has 0 unspecified atom stereocenters. The lowest BCUT2D eigenvalue weighted by Gasteiger charge is -2.34. The highest BCUT2D eigenvalue weighted by Crippen LogP contribution is 2.28. The molecule has 1 aromatic carbocycles. The van der Waals surface area contributed by atoms with E-state index in [1.807, 2.05) is 36.2 Å². The summed E-state index contributed by atoms with van der Waals surface area (Å²) in [7, 11) is 0. The number of piperidine rings is 1. The number of para-hydroxylation sites is 1. The number of amides is 1. The number of hydrogen-bond acceptors (Lipinski definition) is 4. The van der Waals surface area contributed by atoms with Gasteiger partial charge in [0, 0.05) is 42.5 Å². The SMILES string of the molecule is CC[C@@H](Oc1ccccc1F)C(=O)N1CCC[C@H](c2cc3ncccc3cn2)C1. The van der Waals surface area contributed by atoms with E-state index in [9.17, 15) is 9.18 Å². The predicted octanol–water partition coefficient (Wildman–Crippen LogP) is 4.33. The molecule has 0 radical (unpaired) electrons. The summed E-state index contributed by atoms with van der Waals surface area (Å²) in [6.45, 7) is 3.14. The van der Waals surface area contributed by atoms with Crippen LogP contribution in [0.2, 0.25) is 0 Å². The van der Waals surface area contributed by atoms with E-state index in [0.717, 1.165) is 29.4 Å².